The van der Waals surface area contributed by atoms with Gasteiger partial charge in [-0.15, -0.1) is 0 Å². The van der Waals surface area contributed by atoms with Crippen LogP contribution in [0.5, 0.6) is 0 Å². The van der Waals surface area contributed by atoms with Crippen LogP contribution in [0.25, 0.3) is 0 Å². The van der Waals surface area contributed by atoms with Crippen molar-refractivity contribution in [3.8, 4) is 0 Å². The van der Waals surface area contributed by atoms with Crippen molar-refractivity contribution in [1.29, 1.82) is 0 Å². The number of hydrogen-bond acceptors (Lipinski definition) is 2. The van der Waals surface area contributed by atoms with Crippen LogP contribution in [-0.4, -0.2) is 35.6 Å². The van der Waals surface area contributed by atoms with Gasteiger partial charge in [0.15, 0.2) is 0 Å². The molecule has 0 aliphatic carbocycles. The number of benzene rings is 1. The maximum absolute atomic E-state index is 11.8. The van der Waals surface area contributed by atoms with Gasteiger partial charge in [-0.25, -0.2) is 0 Å². The molecule has 2 rings (SSSR count). The van der Waals surface area contributed by atoms with E-state index in [1.807, 2.05) is 37.3 Å². The van der Waals surface area contributed by atoms with E-state index in [0.717, 1.165) is 18.7 Å². The average molecular weight is 261 g/mol. The van der Waals surface area contributed by atoms with Crippen LogP contribution in [0.4, 0.5) is 0 Å². The van der Waals surface area contributed by atoms with Crippen LogP contribution in [0.2, 0.25) is 0 Å². The topological polar surface area (TPSA) is 40.5 Å². The van der Waals surface area contributed by atoms with Crippen molar-refractivity contribution in [2.24, 2.45) is 0 Å². The highest BCUT2D eigenvalue weighted by atomic mass is 16.4. The van der Waals surface area contributed by atoms with Crippen LogP contribution < -0.4 is 0 Å². The molecule has 19 heavy (non-hydrogen) atoms. The van der Waals surface area contributed by atoms with Gasteiger partial charge in [0, 0.05) is 6.54 Å². The predicted molar refractivity (Wildman–Crippen MR) is 76.3 cm³/mol. The highest BCUT2D eigenvalue weighted by molar-refractivity contribution is 5.81. The lowest BCUT2D eigenvalue weighted by atomic mass is 9.82. The fourth-order valence-electron chi connectivity index (χ4n) is 2.83. The normalized spacial score (nSPS) is 20.5. The second kappa shape index (κ2) is 6.20. The van der Waals surface area contributed by atoms with Crippen LogP contribution >= 0.6 is 0 Å². The Balaban J connectivity index is 2.17. The maximum Gasteiger partial charge on any atom is 0.315 e. The number of hydrogen-bond donors (Lipinski definition) is 1. The van der Waals surface area contributed by atoms with Gasteiger partial charge in [0.1, 0.15) is 5.41 Å². The fraction of sp³-hybridized carbons (Fsp3) is 0.562. The van der Waals surface area contributed by atoms with E-state index in [1.165, 1.54) is 25.7 Å². The molecular weight excluding hydrogens is 238 g/mol. The van der Waals surface area contributed by atoms with Crippen molar-refractivity contribution in [2.45, 2.75) is 38.0 Å². The molecule has 1 aromatic carbocycles. The molecule has 1 saturated heterocycles. The number of aliphatic carboxylic acids is 1. The lowest BCUT2D eigenvalue weighted by Crippen LogP contribution is -2.44. The zero-order valence-electron chi connectivity index (χ0n) is 11.6. The average Bonchev–Trinajstić information content (AvgIpc) is 2.68. The van der Waals surface area contributed by atoms with Crippen molar-refractivity contribution >= 4 is 5.97 Å². The van der Waals surface area contributed by atoms with Gasteiger partial charge in [-0.3, -0.25) is 4.79 Å². The highest BCUT2D eigenvalue weighted by Gasteiger charge is 2.36. The largest absolute Gasteiger partial charge is 0.481 e. The van der Waals surface area contributed by atoms with E-state index in [0.29, 0.717) is 6.54 Å². The number of carboxylic acid groups (broad SMARTS) is 1. The summed E-state index contributed by atoms with van der Waals surface area (Å²) in [7, 11) is 0. The van der Waals surface area contributed by atoms with Gasteiger partial charge in [0.2, 0.25) is 0 Å². The van der Waals surface area contributed by atoms with Crippen LogP contribution in [0, 0.1) is 0 Å². The van der Waals surface area contributed by atoms with E-state index in [2.05, 4.69) is 4.90 Å². The third-order valence-corrected chi connectivity index (χ3v) is 4.12. The minimum Gasteiger partial charge on any atom is -0.481 e. The molecule has 0 bridgehead atoms. The van der Waals surface area contributed by atoms with Gasteiger partial charge in [0.05, 0.1) is 0 Å². The molecule has 1 aromatic rings. The molecule has 1 fully saturated rings. The summed E-state index contributed by atoms with van der Waals surface area (Å²) >= 11 is 0. The summed E-state index contributed by atoms with van der Waals surface area (Å²) in [6.07, 6.45) is 4.91. The Labute approximate surface area is 115 Å². The summed E-state index contributed by atoms with van der Waals surface area (Å²) in [5, 5.41) is 9.66. The van der Waals surface area contributed by atoms with Gasteiger partial charge >= 0.3 is 5.97 Å². The third-order valence-electron chi connectivity index (χ3n) is 4.12. The molecule has 1 atom stereocenters. The Morgan fingerprint density at radius 2 is 1.74 bits per heavy atom. The molecule has 3 nitrogen and oxygen atoms in total. The molecule has 0 radical (unpaired) electrons. The Kier molecular flexibility index (Phi) is 4.59. The van der Waals surface area contributed by atoms with E-state index in [9.17, 15) is 9.90 Å². The number of carbonyl (C=O) groups is 1. The number of nitrogens with zero attached hydrogens (tertiary/aromatic N) is 1. The summed E-state index contributed by atoms with van der Waals surface area (Å²) in [5.74, 6) is -0.733. The molecule has 1 aliphatic heterocycles. The summed E-state index contributed by atoms with van der Waals surface area (Å²) in [6.45, 7) is 4.49. The van der Waals surface area contributed by atoms with Crippen molar-refractivity contribution in [2.75, 3.05) is 19.6 Å². The van der Waals surface area contributed by atoms with Crippen LogP contribution in [-0.2, 0) is 10.2 Å². The molecule has 0 amide bonds. The van der Waals surface area contributed by atoms with Gasteiger partial charge in [0.25, 0.3) is 0 Å². The molecule has 1 unspecified atom stereocenters. The van der Waals surface area contributed by atoms with Gasteiger partial charge in [-0.05, 0) is 38.4 Å². The molecule has 1 heterocycles. The Morgan fingerprint density at radius 3 is 2.26 bits per heavy atom. The van der Waals surface area contributed by atoms with Crippen molar-refractivity contribution < 1.29 is 9.90 Å². The minimum absolute atomic E-state index is 0.604. The predicted octanol–water partition coefficient (Wildman–Crippen LogP) is 2.90. The molecule has 3 heteroatoms. The maximum atomic E-state index is 11.8. The molecule has 0 saturated carbocycles. The molecule has 1 N–H and O–H groups in total. The van der Waals surface area contributed by atoms with Crippen molar-refractivity contribution in [3.05, 3.63) is 35.9 Å². The second-order valence-corrected chi connectivity index (χ2v) is 5.69. The van der Waals surface area contributed by atoms with E-state index in [1.54, 1.807) is 0 Å². The molecule has 0 spiro atoms. The lowest BCUT2D eigenvalue weighted by molar-refractivity contribution is -0.144. The standard InChI is InChI=1S/C16H23NO2/c1-16(15(18)19,14-9-5-4-6-10-14)13-17-11-7-2-3-8-12-17/h4-6,9-10H,2-3,7-8,11-13H2,1H3,(H,18,19). The molecule has 0 aromatic heterocycles. The van der Waals surface area contributed by atoms with E-state index in [-0.39, 0.29) is 0 Å². The Morgan fingerprint density at radius 1 is 1.16 bits per heavy atom. The summed E-state index contributed by atoms with van der Waals surface area (Å²) in [5.41, 5.74) is 0.0812. The van der Waals surface area contributed by atoms with Crippen LogP contribution in [0.3, 0.4) is 0 Å². The molecule has 104 valence electrons. The summed E-state index contributed by atoms with van der Waals surface area (Å²) in [6, 6.07) is 9.60. The molecule has 1 aliphatic rings. The summed E-state index contributed by atoms with van der Waals surface area (Å²) < 4.78 is 0. The van der Waals surface area contributed by atoms with E-state index < -0.39 is 11.4 Å². The third kappa shape index (κ3) is 3.35. The van der Waals surface area contributed by atoms with Crippen molar-refractivity contribution in [1.82, 2.24) is 4.90 Å². The molecular formula is C16H23NO2. The number of rotatable bonds is 4. The fourth-order valence-corrected chi connectivity index (χ4v) is 2.83. The second-order valence-electron chi connectivity index (χ2n) is 5.69. The van der Waals surface area contributed by atoms with E-state index in [4.69, 9.17) is 0 Å². The van der Waals surface area contributed by atoms with Crippen molar-refractivity contribution in [3.63, 3.8) is 0 Å². The Bertz CT molecular complexity index is 410. The monoisotopic (exact) mass is 261 g/mol. The zero-order valence-corrected chi connectivity index (χ0v) is 11.6. The van der Waals surface area contributed by atoms with Gasteiger partial charge in [-0.2, -0.15) is 0 Å². The van der Waals surface area contributed by atoms with Gasteiger partial charge < -0.3 is 10.0 Å². The quantitative estimate of drug-likeness (QED) is 0.906. The first-order valence-corrected chi connectivity index (χ1v) is 7.14. The first-order chi connectivity index (χ1) is 9.13. The minimum atomic E-state index is -0.814. The first-order valence-electron chi connectivity index (χ1n) is 7.14. The summed E-state index contributed by atoms with van der Waals surface area (Å²) in [4.78, 5) is 14.1. The van der Waals surface area contributed by atoms with Crippen LogP contribution in [0.15, 0.2) is 30.3 Å². The lowest BCUT2D eigenvalue weighted by Gasteiger charge is -2.32. The SMILES string of the molecule is CC(CN1CCCCCC1)(C(=O)O)c1ccccc1. The highest BCUT2D eigenvalue weighted by Crippen LogP contribution is 2.26. The van der Waals surface area contributed by atoms with E-state index >= 15 is 0 Å². The smallest absolute Gasteiger partial charge is 0.315 e. The number of carboxylic acids is 1. The first kappa shape index (κ1) is 14.1. The number of likely N-dealkylation sites (tertiary alicyclic amines) is 1. The van der Waals surface area contributed by atoms with Crippen LogP contribution in [0.1, 0.15) is 38.2 Å². The zero-order chi connectivity index (χ0) is 13.7. The Hall–Kier alpha value is -1.35. The van der Waals surface area contributed by atoms with Gasteiger partial charge in [-0.1, -0.05) is 43.2 Å².